The quantitative estimate of drug-likeness (QED) is 0.676. The zero-order valence-corrected chi connectivity index (χ0v) is 18.8. The van der Waals surface area contributed by atoms with Crippen LogP contribution in [-0.4, -0.2) is 45.9 Å². The Balaban J connectivity index is 1.45. The number of allylic oxidation sites excluding steroid dienone is 1. The lowest BCUT2D eigenvalue weighted by molar-refractivity contribution is 0.0670. The lowest BCUT2D eigenvalue weighted by Crippen LogP contribution is -2.42. The molecule has 31 heavy (non-hydrogen) atoms. The first-order valence-electron chi connectivity index (χ1n) is 11.6. The third-order valence-corrected chi connectivity index (χ3v) is 7.10. The van der Waals surface area contributed by atoms with Crippen molar-refractivity contribution in [1.82, 2.24) is 15.1 Å². The minimum absolute atomic E-state index is 0.131. The van der Waals surface area contributed by atoms with Crippen LogP contribution in [0.4, 0.5) is 4.39 Å². The summed E-state index contributed by atoms with van der Waals surface area (Å²) < 4.78 is 19.9. The van der Waals surface area contributed by atoms with Crippen molar-refractivity contribution in [2.24, 2.45) is 23.7 Å². The normalized spacial score (nSPS) is 25.7. The van der Waals surface area contributed by atoms with Crippen LogP contribution in [0.25, 0.3) is 11.5 Å². The van der Waals surface area contributed by atoms with E-state index in [-0.39, 0.29) is 17.8 Å². The highest BCUT2D eigenvalue weighted by Gasteiger charge is 2.34. The number of aromatic nitrogens is 2. The number of piperidine rings is 1. The summed E-state index contributed by atoms with van der Waals surface area (Å²) in [5.41, 5.74) is 1.73. The Hall–Kier alpha value is -2.05. The highest BCUT2D eigenvalue weighted by Crippen LogP contribution is 2.39. The molecule has 1 aliphatic carbocycles. The van der Waals surface area contributed by atoms with E-state index in [0.29, 0.717) is 41.5 Å². The molecule has 1 aliphatic heterocycles. The predicted octanol–water partition coefficient (Wildman–Crippen LogP) is 4.73. The summed E-state index contributed by atoms with van der Waals surface area (Å²) in [6, 6.07) is 6.49. The molecule has 0 amide bonds. The van der Waals surface area contributed by atoms with E-state index < -0.39 is 0 Å². The van der Waals surface area contributed by atoms with Crippen molar-refractivity contribution in [3.63, 3.8) is 0 Å². The van der Waals surface area contributed by atoms with Crippen molar-refractivity contribution in [3.8, 4) is 11.5 Å². The van der Waals surface area contributed by atoms with E-state index in [0.717, 1.165) is 38.9 Å². The van der Waals surface area contributed by atoms with Gasteiger partial charge >= 0.3 is 0 Å². The molecule has 4 rings (SSSR count). The number of nitrogens with zero attached hydrogens (tertiary/aromatic N) is 3. The van der Waals surface area contributed by atoms with Gasteiger partial charge in [0.25, 0.3) is 5.89 Å². The van der Waals surface area contributed by atoms with Gasteiger partial charge in [-0.05, 0) is 62.0 Å². The molecule has 1 fully saturated rings. The van der Waals surface area contributed by atoms with Crippen molar-refractivity contribution in [1.29, 1.82) is 0 Å². The molecule has 2 aliphatic rings. The van der Waals surface area contributed by atoms with E-state index in [1.165, 1.54) is 11.6 Å². The Morgan fingerprint density at radius 3 is 2.65 bits per heavy atom. The van der Waals surface area contributed by atoms with Crippen LogP contribution in [0.3, 0.4) is 0 Å². The Morgan fingerprint density at radius 1 is 1.19 bits per heavy atom. The summed E-state index contributed by atoms with van der Waals surface area (Å²) in [6.45, 7) is 9.87. The SMILES string of the molecule is CC1=CC(CN2CCC(O)CC2)C(C(C)C)CC1Cc1nnc(-c2ccccc2F)o1. The van der Waals surface area contributed by atoms with E-state index >= 15 is 0 Å². The van der Waals surface area contributed by atoms with Crippen LogP contribution >= 0.6 is 0 Å². The van der Waals surface area contributed by atoms with E-state index in [1.807, 2.05) is 0 Å². The van der Waals surface area contributed by atoms with Gasteiger partial charge in [-0.25, -0.2) is 4.39 Å². The third kappa shape index (κ3) is 5.24. The second-order valence-electron chi connectivity index (χ2n) is 9.63. The van der Waals surface area contributed by atoms with Crippen LogP contribution in [0.15, 0.2) is 40.3 Å². The highest BCUT2D eigenvalue weighted by atomic mass is 19.1. The maximum atomic E-state index is 14.0. The van der Waals surface area contributed by atoms with Gasteiger partial charge in [0.15, 0.2) is 0 Å². The van der Waals surface area contributed by atoms with E-state index in [1.54, 1.807) is 18.2 Å². The van der Waals surface area contributed by atoms with Gasteiger partial charge in [0.2, 0.25) is 5.89 Å². The van der Waals surface area contributed by atoms with Crippen LogP contribution < -0.4 is 0 Å². The molecule has 168 valence electrons. The molecule has 0 spiro atoms. The number of hydrogen-bond acceptors (Lipinski definition) is 5. The minimum atomic E-state index is -0.348. The van der Waals surface area contributed by atoms with Gasteiger partial charge in [-0.2, -0.15) is 0 Å². The topological polar surface area (TPSA) is 62.4 Å². The van der Waals surface area contributed by atoms with Crippen LogP contribution in [0.2, 0.25) is 0 Å². The molecule has 0 saturated carbocycles. The summed E-state index contributed by atoms with van der Waals surface area (Å²) in [5, 5.41) is 18.1. The molecule has 1 saturated heterocycles. The average Bonchev–Trinajstić information content (AvgIpc) is 3.20. The van der Waals surface area contributed by atoms with Gasteiger partial charge in [0.05, 0.1) is 11.7 Å². The number of benzene rings is 1. The second kappa shape index (κ2) is 9.61. The molecule has 0 bridgehead atoms. The lowest BCUT2D eigenvalue weighted by Gasteiger charge is -2.40. The fourth-order valence-electron chi connectivity index (χ4n) is 5.18. The monoisotopic (exact) mass is 427 g/mol. The summed E-state index contributed by atoms with van der Waals surface area (Å²) in [7, 11) is 0. The molecular formula is C25H34FN3O2. The first-order chi connectivity index (χ1) is 14.9. The number of rotatable bonds is 6. The number of hydrogen-bond donors (Lipinski definition) is 1. The van der Waals surface area contributed by atoms with E-state index in [4.69, 9.17) is 4.42 Å². The molecule has 3 atom stereocenters. The van der Waals surface area contributed by atoms with Crippen molar-refractivity contribution >= 4 is 0 Å². The van der Waals surface area contributed by atoms with Gasteiger partial charge in [0.1, 0.15) is 5.82 Å². The molecule has 3 unspecified atom stereocenters. The van der Waals surface area contributed by atoms with Gasteiger partial charge in [-0.15, -0.1) is 10.2 Å². The Morgan fingerprint density at radius 2 is 1.94 bits per heavy atom. The smallest absolute Gasteiger partial charge is 0.250 e. The van der Waals surface area contributed by atoms with Gasteiger partial charge < -0.3 is 14.4 Å². The number of likely N-dealkylation sites (tertiary alicyclic amines) is 1. The lowest BCUT2D eigenvalue weighted by atomic mass is 9.69. The fraction of sp³-hybridized carbons (Fsp3) is 0.600. The van der Waals surface area contributed by atoms with Crippen LogP contribution in [0.5, 0.6) is 0 Å². The van der Waals surface area contributed by atoms with Crippen LogP contribution in [0, 0.1) is 29.5 Å². The molecule has 1 N–H and O–H groups in total. The molecule has 2 aromatic rings. The Labute approximate surface area is 184 Å². The zero-order valence-electron chi connectivity index (χ0n) is 18.8. The first kappa shape index (κ1) is 22.2. The van der Waals surface area contributed by atoms with Crippen LogP contribution in [0.1, 0.15) is 45.9 Å². The van der Waals surface area contributed by atoms with E-state index in [2.05, 4.69) is 41.9 Å². The predicted molar refractivity (Wildman–Crippen MR) is 119 cm³/mol. The largest absolute Gasteiger partial charge is 0.421 e. The fourth-order valence-corrected chi connectivity index (χ4v) is 5.18. The first-order valence-corrected chi connectivity index (χ1v) is 11.6. The Bertz CT molecular complexity index is 902. The second-order valence-corrected chi connectivity index (χ2v) is 9.63. The molecule has 1 aromatic carbocycles. The molecule has 5 nitrogen and oxygen atoms in total. The maximum Gasteiger partial charge on any atom is 0.250 e. The highest BCUT2D eigenvalue weighted by molar-refractivity contribution is 5.53. The van der Waals surface area contributed by atoms with Crippen LogP contribution in [-0.2, 0) is 6.42 Å². The van der Waals surface area contributed by atoms with Gasteiger partial charge in [0, 0.05) is 26.1 Å². The number of aliphatic hydroxyl groups excluding tert-OH is 1. The molecular weight excluding hydrogens is 393 g/mol. The summed E-state index contributed by atoms with van der Waals surface area (Å²) in [4.78, 5) is 2.51. The minimum Gasteiger partial charge on any atom is -0.421 e. The Kier molecular flexibility index (Phi) is 6.87. The molecule has 2 heterocycles. The van der Waals surface area contributed by atoms with Gasteiger partial charge in [-0.3, -0.25) is 0 Å². The maximum absolute atomic E-state index is 14.0. The van der Waals surface area contributed by atoms with Crippen molar-refractivity contribution in [2.45, 2.75) is 52.6 Å². The summed E-state index contributed by atoms with van der Waals surface area (Å²) in [5.74, 6) is 2.54. The van der Waals surface area contributed by atoms with E-state index in [9.17, 15) is 9.50 Å². The van der Waals surface area contributed by atoms with Crippen molar-refractivity contribution in [3.05, 3.63) is 47.6 Å². The van der Waals surface area contributed by atoms with Crippen molar-refractivity contribution < 1.29 is 13.9 Å². The number of halogens is 1. The number of aliphatic hydroxyl groups is 1. The molecule has 6 heteroatoms. The van der Waals surface area contributed by atoms with Crippen molar-refractivity contribution in [2.75, 3.05) is 19.6 Å². The third-order valence-electron chi connectivity index (χ3n) is 7.10. The standard InChI is InChI=1S/C25H34FN3O2/c1-16(2)22-13-18(17(3)12-19(22)15-29-10-8-20(30)9-11-29)14-24-27-28-25(31-24)21-6-4-5-7-23(21)26/h4-7,12,16,18-20,22,30H,8-11,13-15H2,1-3H3. The van der Waals surface area contributed by atoms with Gasteiger partial charge in [-0.1, -0.05) is 37.6 Å². The molecule has 1 aromatic heterocycles. The average molecular weight is 428 g/mol. The zero-order chi connectivity index (χ0) is 22.0. The summed E-state index contributed by atoms with van der Waals surface area (Å²) >= 11 is 0. The summed E-state index contributed by atoms with van der Waals surface area (Å²) in [6.07, 6.45) is 5.87. The molecule has 0 radical (unpaired) electrons.